The smallest absolute Gasteiger partial charge is 0.0533 e. The van der Waals surface area contributed by atoms with Gasteiger partial charge >= 0.3 is 0 Å². The molecule has 0 amide bonds. The van der Waals surface area contributed by atoms with Crippen molar-refractivity contribution in [2.75, 3.05) is 0 Å². The molecule has 0 aromatic heterocycles. The van der Waals surface area contributed by atoms with E-state index in [9.17, 15) is 0 Å². The van der Waals surface area contributed by atoms with Crippen LogP contribution in [0.15, 0.2) is 0 Å². The molecule has 0 saturated heterocycles. The minimum atomic E-state index is 0. The van der Waals surface area contributed by atoms with Crippen LogP contribution in [0.5, 0.6) is 0 Å². The third-order valence-electron chi connectivity index (χ3n) is 5.00. The van der Waals surface area contributed by atoms with Gasteiger partial charge in [-0.15, -0.1) is 0 Å². The van der Waals surface area contributed by atoms with Gasteiger partial charge < -0.3 is 0 Å². The van der Waals surface area contributed by atoms with E-state index in [1.54, 1.807) is 0 Å². The van der Waals surface area contributed by atoms with Crippen LogP contribution in [0.25, 0.3) is 0 Å². The number of hydrogen-bond donors (Lipinski definition) is 0. The van der Waals surface area contributed by atoms with Crippen molar-refractivity contribution in [1.29, 1.82) is 0 Å². The molecule has 32 heavy (non-hydrogen) atoms. The monoisotopic (exact) mass is 473 g/mol. The van der Waals surface area contributed by atoms with E-state index in [1.165, 1.54) is 128 Å². The van der Waals surface area contributed by atoms with Crippen molar-refractivity contribution in [3.8, 4) is 0 Å². The van der Waals surface area contributed by atoms with Gasteiger partial charge in [0.05, 0.1) is 0 Å². The van der Waals surface area contributed by atoms with Gasteiger partial charge in [-0.25, -0.2) is 0 Å². The molecular weight excluding hydrogens is 384 g/mol. The van der Waals surface area contributed by atoms with Gasteiger partial charge in [0.15, 0.2) is 0 Å². The molecule has 5 aliphatic carbocycles. The summed E-state index contributed by atoms with van der Waals surface area (Å²) >= 11 is 0. The Kier molecular flexibility index (Phi) is 168. The Balaban J connectivity index is -0.0000000143. The van der Waals surface area contributed by atoms with Gasteiger partial charge in [-0.2, -0.15) is 0 Å². The third kappa shape index (κ3) is 63.1. The van der Waals surface area contributed by atoms with Gasteiger partial charge in [0.25, 0.3) is 0 Å². The minimum Gasteiger partial charge on any atom is -0.0776 e. The second-order valence-electron chi connectivity index (χ2n) is 7.07. The van der Waals surface area contributed by atoms with E-state index >= 15 is 0 Å². The van der Waals surface area contributed by atoms with Crippen molar-refractivity contribution in [2.45, 2.75) is 218 Å². The van der Waals surface area contributed by atoms with Gasteiger partial charge in [0.2, 0.25) is 0 Å². The van der Waals surface area contributed by atoms with Crippen molar-refractivity contribution in [3.63, 3.8) is 0 Å². The molecular formula is C32H88. The Morgan fingerprint density at radius 3 is 0.125 bits per heavy atom. The highest BCUT2D eigenvalue weighted by Crippen LogP contribution is 2.16. The molecule has 0 radical (unpaired) electrons. The Morgan fingerprint density at radius 1 is 0.0938 bits per heavy atom. The van der Waals surface area contributed by atoms with E-state index in [0.29, 0.717) is 0 Å². The molecule has 216 valence electrons. The molecule has 0 heterocycles. The third-order valence-corrected chi connectivity index (χ3v) is 5.00. The lowest BCUT2D eigenvalue weighted by Crippen LogP contribution is -1.85. The summed E-state index contributed by atoms with van der Waals surface area (Å²) in [7, 11) is 0. The zero-order chi connectivity index (χ0) is 14.1. The standard InChI is InChI=1S/5C4H8.12CH4/c5*1-2-4-3-1;;;;;;;;;;;;/h5*1-4H2;12*1H4. The van der Waals surface area contributed by atoms with Gasteiger partial charge in [0.1, 0.15) is 0 Å². The number of rotatable bonds is 0. The lowest BCUT2D eigenvalue weighted by molar-refractivity contribution is 0.504. The maximum absolute atomic E-state index is 1.50. The Morgan fingerprint density at radius 2 is 0.125 bits per heavy atom. The predicted molar refractivity (Wildman–Crippen MR) is 173 cm³/mol. The largest absolute Gasteiger partial charge is 0.0776 e. The Hall–Kier alpha value is 0. The lowest BCUT2D eigenvalue weighted by Gasteiger charge is -2.05. The van der Waals surface area contributed by atoms with Crippen LogP contribution in [0.3, 0.4) is 0 Å². The summed E-state index contributed by atoms with van der Waals surface area (Å²) in [4.78, 5) is 0. The van der Waals surface area contributed by atoms with Crippen molar-refractivity contribution < 1.29 is 0 Å². The maximum Gasteiger partial charge on any atom is -0.0533 e. The highest BCUT2D eigenvalue weighted by molar-refractivity contribution is 4.52. The molecule has 0 bridgehead atoms. The second kappa shape index (κ2) is 69.8. The average Bonchev–Trinajstić information content (AvgIpc) is 1.79. The first kappa shape index (κ1) is 76.9. The SMILES string of the molecule is C.C.C.C.C.C.C.C.C.C.C.C.C1CCC1.C1CCC1.C1CCC1.C1CCC1.C1CCC1. The fourth-order valence-corrected chi connectivity index (χ4v) is 1.25. The van der Waals surface area contributed by atoms with Gasteiger partial charge in [0, 0.05) is 0 Å². The second-order valence-corrected chi connectivity index (χ2v) is 7.07. The summed E-state index contributed by atoms with van der Waals surface area (Å²) in [6.45, 7) is 0. The van der Waals surface area contributed by atoms with Crippen LogP contribution in [0, 0.1) is 0 Å². The van der Waals surface area contributed by atoms with Crippen molar-refractivity contribution in [1.82, 2.24) is 0 Å². The molecule has 0 unspecified atom stereocenters. The maximum atomic E-state index is 1.50. The fourth-order valence-electron chi connectivity index (χ4n) is 1.25. The molecule has 5 fully saturated rings. The summed E-state index contributed by atoms with van der Waals surface area (Å²) in [5.74, 6) is 0. The molecule has 5 rings (SSSR count). The van der Waals surface area contributed by atoms with Crippen LogP contribution >= 0.6 is 0 Å². The molecule has 0 aromatic carbocycles. The lowest BCUT2D eigenvalue weighted by atomic mass is 10.0. The van der Waals surface area contributed by atoms with Gasteiger partial charge in [-0.3, -0.25) is 0 Å². The minimum absolute atomic E-state index is 0. The molecule has 0 heteroatoms. The van der Waals surface area contributed by atoms with Crippen LogP contribution in [0.2, 0.25) is 0 Å². The molecule has 0 atom stereocenters. The summed E-state index contributed by atoms with van der Waals surface area (Å²) in [6.07, 6.45) is 30.0. The predicted octanol–water partition coefficient (Wildman–Crippen LogP) is 15.4. The van der Waals surface area contributed by atoms with E-state index in [2.05, 4.69) is 0 Å². The summed E-state index contributed by atoms with van der Waals surface area (Å²) in [5.41, 5.74) is 0. The fraction of sp³-hybridized carbons (Fsp3) is 1.00. The number of hydrogen-bond acceptors (Lipinski definition) is 0. The van der Waals surface area contributed by atoms with E-state index in [4.69, 9.17) is 0 Å². The Bertz CT molecular complexity index is 86.4. The summed E-state index contributed by atoms with van der Waals surface area (Å²) < 4.78 is 0. The molecule has 0 N–H and O–H groups in total. The van der Waals surface area contributed by atoms with Gasteiger partial charge in [-0.1, -0.05) is 218 Å². The first-order chi connectivity index (χ1) is 10.0. The topological polar surface area (TPSA) is 0 Å². The van der Waals surface area contributed by atoms with Crippen LogP contribution in [-0.2, 0) is 0 Å². The van der Waals surface area contributed by atoms with Crippen molar-refractivity contribution in [2.24, 2.45) is 0 Å². The average molecular weight is 473 g/mol. The summed E-state index contributed by atoms with van der Waals surface area (Å²) in [6, 6.07) is 0. The van der Waals surface area contributed by atoms with Crippen LogP contribution < -0.4 is 0 Å². The van der Waals surface area contributed by atoms with E-state index in [-0.39, 0.29) is 89.1 Å². The zero-order valence-electron chi connectivity index (χ0n) is 14.1. The van der Waals surface area contributed by atoms with E-state index in [1.807, 2.05) is 0 Å². The van der Waals surface area contributed by atoms with Crippen LogP contribution in [0.4, 0.5) is 0 Å². The Labute approximate surface area is 217 Å². The van der Waals surface area contributed by atoms with Crippen LogP contribution in [-0.4, -0.2) is 0 Å². The first-order valence-electron chi connectivity index (χ1n) is 10.00. The molecule has 0 aliphatic heterocycles. The highest BCUT2D eigenvalue weighted by atomic mass is 14.0. The van der Waals surface area contributed by atoms with Crippen molar-refractivity contribution >= 4 is 0 Å². The molecule has 5 aliphatic rings. The molecule has 0 nitrogen and oxygen atoms in total. The molecule has 0 spiro atoms. The van der Waals surface area contributed by atoms with Crippen LogP contribution in [0.1, 0.15) is 218 Å². The highest BCUT2D eigenvalue weighted by Gasteiger charge is 1.96. The zero-order valence-corrected chi connectivity index (χ0v) is 14.1. The van der Waals surface area contributed by atoms with Crippen molar-refractivity contribution in [3.05, 3.63) is 0 Å². The normalized spacial score (nSPS) is 15.0. The first-order valence-corrected chi connectivity index (χ1v) is 10.00. The van der Waals surface area contributed by atoms with E-state index < -0.39 is 0 Å². The summed E-state index contributed by atoms with van der Waals surface area (Å²) in [5, 5.41) is 0. The molecule has 0 aromatic rings. The van der Waals surface area contributed by atoms with E-state index in [0.717, 1.165) is 0 Å². The quantitative estimate of drug-likeness (QED) is 0.328. The van der Waals surface area contributed by atoms with Gasteiger partial charge in [-0.05, 0) is 0 Å². The molecule has 5 saturated carbocycles.